The fraction of sp³-hybridized carbons (Fsp3) is 0.429. The predicted octanol–water partition coefficient (Wildman–Crippen LogP) is 4.34. The molecule has 2 aliphatic rings. The Morgan fingerprint density at radius 2 is 1.85 bits per heavy atom. The summed E-state index contributed by atoms with van der Waals surface area (Å²) in [5.74, 6) is 2.01. The Bertz CT molecular complexity index is 914. The molecule has 0 radical (unpaired) electrons. The number of anilines is 1. The Labute approximate surface area is 158 Å². The Morgan fingerprint density at radius 1 is 1.04 bits per heavy atom. The van der Waals surface area contributed by atoms with Crippen molar-refractivity contribution in [3.8, 4) is 11.1 Å². The van der Waals surface area contributed by atoms with E-state index in [2.05, 4.69) is 45.5 Å². The maximum absolute atomic E-state index is 4.91. The SMILES string of the molecule is Cc1nc(N2CCC(N3CCCC3)C2)c2c(-c3ccccc3)csc2n1. The van der Waals surface area contributed by atoms with E-state index in [0.29, 0.717) is 6.04 Å². The number of aryl methyl sites for hydroxylation is 1. The van der Waals surface area contributed by atoms with Gasteiger partial charge in [-0.1, -0.05) is 30.3 Å². The van der Waals surface area contributed by atoms with Crippen LogP contribution in [0.25, 0.3) is 21.3 Å². The van der Waals surface area contributed by atoms with E-state index in [1.54, 1.807) is 11.3 Å². The van der Waals surface area contributed by atoms with Gasteiger partial charge in [-0.2, -0.15) is 0 Å². The van der Waals surface area contributed by atoms with Crippen LogP contribution in [0, 0.1) is 6.92 Å². The zero-order valence-electron chi connectivity index (χ0n) is 15.2. The maximum Gasteiger partial charge on any atom is 0.141 e. The van der Waals surface area contributed by atoms with Gasteiger partial charge in [0.05, 0.1) is 5.39 Å². The van der Waals surface area contributed by atoms with E-state index in [1.807, 2.05) is 6.92 Å². The Hall–Kier alpha value is -1.98. The van der Waals surface area contributed by atoms with Crippen LogP contribution in [0.4, 0.5) is 5.82 Å². The zero-order valence-corrected chi connectivity index (χ0v) is 16.0. The van der Waals surface area contributed by atoms with E-state index in [-0.39, 0.29) is 0 Å². The summed E-state index contributed by atoms with van der Waals surface area (Å²) in [6.07, 6.45) is 3.96. The third-order valence-corrected chi connectivity index (χ3v) is 6.60. The number of benzene rings is 1. The average Bonchev–Trinajstić information content (AvgIpc) is 3.41. The second kappa shape index (κ2) is 6.63. The standard InChI is InChI=1S/C21H24N4S/c1-15-22-20(25-12-9-17(13-25)24-10-5-6-11-24)19-18(14-26-21(19)23-15)16-7-3-2-4-8-16/h2-4,7-8,14,17H,5-6,9-13H2,1H3. The van der Waals surface area contributed by atoms with Gasteiger partial charge in [0, 0.05) is 30.1 Å². The lowest BCUT2D eigenvalue weighted by atomic mass is 10.1. The summed E-state index contributed by atoms with van der Waals surface area (Å²) in [4.78, 5) is 15.9. The summed E-state index contributed by atoms with van der Waals surface area (Å²) >= 11 is 1.73. The van der Waals surface area contributed by atoms with Gasteiger partial charge >= 0.3 is 0 Å². The molecule has 4 nitrogen and oxygen atoms in total. The molecule has 0 bridgehead atoms. The van der Waals surface area contributed by atoms with Crippen molar-refractivity contribution in [2.75, 3.05) is 31.1 Å². The van der Waals surface area contributed by atoms with Crippen LogP contribution < -0.4 is 4.90 Å². The molecule has 0 amide bonds. The smallest absolute Gasteiger partial charge is 0.141 e. The zero-order chi connectivity index (χ0) is 17.5. The number of rotatable bonds is 3. The highest BCUT2D eigenvalue weighted by Crippen LogP contribution is 2.39. The van der Waals surface area contributed by atoms with Crippen molar-refractivity contribution in [3.63, 3.8) is 0 Å². The molecule has 4 heterocycles. The molecule has 1 aromatic carbocycles. The fourth-order valence-corrected chi connectivity index (χ4v) is 5.41. The molecule has 2 fully saturated rings. The molecule has 0 N–H and O–H groups in total. The summed E-state index contributed by atoms with van der Waals surface area (Å²) in [5, 5.41) is 3.47. The van der Waals surface area contributed by atoms with Crippen molar-refractivity contribution in [3.05, 3.63) is 41.5 Å². The highest BCUT2D eigenvalue weighted by molar-refractivity contribution is 7.17. The van der Waals surface area contributed by atoms with E-state index >= 15 is 0 Å². The normalized spacial score (nSPS) is 21.1. The molecule has 0 aliphatic carbocycles. The molecule has 5 heteroatoms. The van der Waals surface area contributed by atoms with E-state index in [4.69, 9.17) is 9.97 Å². The number of hydrogen-bond donors (Lipinski definition) is 0. The molecule has 2 aromatic heterocycles. The molecule has 2 aliphatic heterocycles. The molecule has 3 aromatic rings. The molecule has 0 saturated carbocycles. The van der Waals surface area contributed by atoms with Crippen LogP contribution in [0.15, 0.2) is 35.7 Å². The Balaban J connectivity index is 1.56. The predicted molar refractivity (Wildman–Crippen MR) is 109 cm³/mol. The third-order valence-electron chi connectivity index (χ3n) is 5.73. The number of thiophene rings is 1. The van der Waals surface area contributed by atoms with Crippen molar-refractivity contribution in [2.24, 2.45) is 0 Å². The Morgan fingerprint density at radius 3 is 2.65 bits per heavy atom. The maximum atomic E-state index is 4.91. The molecule has 1 atom stereocenters. The highest BCUT2D eigenvalue weighted by atomic mass is 32.1. The Kier molecular flexibility index (Phi) is 4.14. The molecular formula is C21H24N4S. The summed E-state index contributed by atoms with van der Waals surface area (Å²) in [7, 11) is 0. The molecule has 1 unspecified atom stereocenters. The summed E-state index contributed by atoms with van der Waals surface area (Å²) in [6.45, 7) is 6.74. The van der Waals surface area contributed by atoms with Crippen molar-refractivity contribution in [2.45, 2.75) is 32.2 Å². The van der Waals surface area contributed by atoms with Gasteiger partial charge < -0.3 is 4.90 Å². The lowest BCUT2D eigenvalue weighted by molar-refractivity contribution is 0.260. The van der Waals surface area contributed by atoms with Crippen LogP contribution in [0.3, 0.4) is 0 Å². The van der Waals surface area contributed by atoms with Crippen LogP contribution in [-0.2, 0) is 0 Å². The number of nitrogens with zero attached hydrogens (tertiary/aromatic N) is 4. The lowest BCUT2D eigenvalue weighted by Gasteiger charge is -2.24. The number of fused-ring (bicyclic) bond motifs is 1. The van der Waals surface area contributed by atoms with E-state index in [1.165, 1.54) is 48.9 Å². The van der Waals surface area contributed by atoms with E-state index < -0.39 is 0 Å². The van der Waals surface area contributed by atoms with Crippen molar-refractivity contribution in [1.29, 1.82) is 0 Å². The molecule has 2 saturated heterocycles. The first-order valence-electron chi connectivity index (χ1n) is 9.60. The van der Waals surface area contributed by atoms with Gasteiger partial charge in [0.2, 0.25) is 0 Å². The third kappa shape index (κ3) is 2.79. The minimum absolute atomic E-state index is 0.682. The van der Waals surface area contributed by atoms with Crippen LogP contribution in [-0.4, -0.2) is 47.1 Å². The largest absolute Gasteiger partial charge is 0.354 e. The monoisotopic (exact) mass is 364 g/mol. The first kappa shape index (κ1) is 16.2. The summed E-state index contributed by atoms with van der Waals surface area (Å²) in [6, 6.07) is 11.3. The van der Waals surface area contributed by atoms with Gasteiger partial charge in [-0.3, -0.25) is 4.90 Å². The van der Waals surface area contributed by atoms with E-state index in [9.17, 15) is 0 Å². The first-order chi connectivity index (χ1) is 12.8. The molecular weight excluding hydrogens is 340 g/mol. The van der Waals surface area contributed by atoms with Crippen molar-refractivity contribution < 1.29 is 0 Å². The molecule has 134 valence electrons. The van der Waals surface area contributed by atoms with Crippen LogP contribution in [0.5, 0.6) is 0 Å². The molecule has 26 heavy (non-hydrogen) atoms. The van der Waals surface area contributed by atoms with Crippen molar-refractivity contribution >= 4 is 27.4 Å². The van der Waals surface area contributed by atoms with Gasteiger partial charge in [0.15, 0.2) is 0 Å². The minimum Gasteiger partial charge on any atom is -0.354 e. The second-order valence-electron chi connectivity index (χ2n) is 7.42. The van der Waals surface area contributed by atoms with Gasteiger partial charge in [-0.05, 0) is 44.8 Å². The summed E-state index contributed by atoms with van der Waals surface area (Å²) in [5.41, 5.74) is 2.52. The number of hydrogen-bond acceptors (Lipinski definition) is 5. The highest BCUT2D eigenvalue weighted by Gasteiger charge is 2.31. The quantitative estimate of drug-likeness (QED) is 0.692. The van der Waals surface area contributed by atoms with Gasteiger partial charge in [-0.15, -0.1) is 11.3 Å². The van der Waals surface area contributed by atoms with Gasteiger partial charge in [-0.25, -0.2) is 9.97 Å². The van der Waals surface area contributed by atoms with Gasteiger partial charge in [0.1, 0.15) is 16.5 Å². The minimum atomic E-state index is 0.682. The number of likely N-dealkylation sites (tertiary alicyclic amines) is 1. The van der Waals surface area contributed by atoms with Crippen LogP contribution >= 0.6 is 11.3 Å². The second-order valence-corrected chi connectivity index (χ2v) is 8.28. The average molecular weight is 365 g/mol. The van der Waals surface area contributed by atoms with Crippen LogP contribution in [0.2, 0.25) is 0 Å². The van der Waals surface area contributed by atoms with Crippen molar-refractivity contribution in [1.82, 2.24) is 14.9 Å². The number of aromatic nitrogens is 2. The van der Waals surface area contributed by atoms with Crippen LogP contribution in [0.1, 0.15) is 25.1 Å². The summed E-state index contributed by atoms with van der Waals surface area (Å²) < 4.78 is 0. The lowest BCUT2D eigenvalue weighted by Crippen LogP contribution is -2.35. The molecule has 5 rings (SSSR count). The molecule has 0 spiro atoms. The fourth-order valence-electron chi connectivity index (χ4n) is 4.43. The topological polar surface area (TPSA) is 32.3 Å². The van der Waals surface area contributed by atoms with Gasteiger partial charge in [0.25, 0.3) is 0 Å². The first-order valence-corrected chi connectivity index (χ1v) is 10.5. The van der Waals surface area contributed by atoms with E-state index in [0.717, 1.165) is 29.6 Å².